The molecular weight excluding hydrogens is 350 g/mol. The Morgan fingerprint density at radius 2 is 1.93 bits per heavy atom. The highest BCUT2D eigenvalue weighted by molar-refractivity contribution is 5.54. The normalized spacial score (nSPS) is 17.5. The molecule has 0 saturated carbocycles. The molecule has 1 aliphatic heterocycles. The Balaban J connectivity index is 1.43. The summed E-state index contributed by atoms with van der Waals surface area (Å²) in [5, 5.41) is 3.37. The Morgan fingerprint density at radius 1 is 1.04 bits per heavy atom. The molecule has 1 fully saturated rings. The van der Waals surface area contributed by atoms with E-state index in [0.29, 0.717) is 12.6 Å². The predicted molar refractivity (Wildman–Crippen MR) is 111 cm³/mol. The van der Waals surface area contributed by atoms with Gasteiger partial charge in [-0.15, -0.1) is 0 Å². The molecule has 1 aliphatic rings. The van der Waals surface area contributed by atoms with Crippen LogP contribution in [0.1, 0.15) is 12.6 Å². The number of piperazine rings is 1. The largest absolute Gasteiger partial charge is 0.364 e. The van der Waals surface area contributed by atoms with Crippen molar-refractivity contribution >= 4 is 11.6 Å². The van der Waals surface area contributed by atoms with Crippen molar-refractivity contribution in [2.45, 2.75) is 19.5 Å². The van der Waals surface area contributed by atoms with Gasteiger partial charge in [0.2, 0.25) is 0 Å². The minimum atomic E-state index is 0.513. The van der Waals surface area contributed by atoms with Gasteiger partial charge in [0.25, 0.3) is 0 Å². The van der Waals surface area contributed by atoms with E-state index in [2.05, 4.69) is 44.0 Å². The molecule has 1 saturated heterocycles. The van der Waals surface area contributed by atoms with Gasteiger partial charge in [0.15, 0.2) is 0 Å². The van der Waals surface area contributed by atoms with Gasteiger partial charge in [0.05, 0.1) is 23.6 Å². The first-order valence-electron chi connectivity index (χ1n) is 9.57. The fraction of sp³-hybridized carbons (Fsp3) is 0.333. The van der Waals surface area contributed by atoms with Crippen molar-refractivity contribution < 1.29 is 0 Å². The monoisotopic (exact) mass is 375 g/mol. The van der Waals surface area contributed by atoms with Crippen molar-refractivity contribution in [3.8, 4) is 11.4 Å². The van der Waals surface area contributed by atoms with Crippen molar-refractivity contribution in [3.05, 3.63) is 60.7 Å². The summed E-state index contributed by atoms with van der Waals surface area (Å²) in [5.41, 5.74) is 2.68. The number of nitrogens with zero attached hydrogens (tertiary/aromatic N) is 6. The fourth-order valence-electron chi connectivity index (χ4n) is 3.29. The number of anilines is 2. The number of pyridine rings is 2. The maximum absolute atomic E-state index is 4.70. The lowest BCUT2D eigenvalue weighted by atomic mass is 10.2. The van der Waals surface area contributed by atoms with E-state index < -0.39 is 0 Å². The van der Waals surface area contributed by atoms with Crippen LogP contribution in [0.4, 0.5) is 11.6 Å². The molecule has 7 heteroatoms. The zero-order chi connectivity index (χ0) is 19.3. The Morgan fingerprint density at radius 3 is 2.75 bits per heavy atom. The molecular formula is C21H25N7. The summed E-state index contributed by atoms with van der Waals surface area (Å²) in [4.78, 5) is 22.6. The summed E-state index contributed by atoms with van der Waals surface area (Å²) in [7, 11) is 2.17. The highest BCUT2D eigenvalue weighted by Gasteiger charge is 2.21. The average molecular weight is 375 g/mol. The molecule has 0 spiro atoms. The average Bonchev–Trinajstić information content (AvgIpc) is 2.75. The number of hydrogen-bond donors (Lipinski definition) is 1. The van der Waals surface area contributed by atoms with E-state index in [9.17, 15) is 0 Å². The molecule has 1 N–H and O–H groups in total. The Labute approximate surface area is 165 Å². The smallest absolute Gasteiger partial charge is 0.134 e. The number of aromatic nitrogens is 4. The van der Waals surface area contributed by atoms with Crippen LogP contribution in [-0.4, -0.2) is 57.6 Å². The number of hydrogen-bond acceptors (Lipinski definition) is 7. The zero-order valence-corrected chi connectivity index (χ0v) is 16.3. The van der Waals surface area contributed by atoms with Crippen LogP contribution in [0, 0.1) is 0 Å². The molecule has 3 aromatic rings. The number of likely N-dealkylation sites (N-methyl/N-ethyl adjacent to an activating group) is 1. The molecule has 1 unspecified atom stereocenters. The molecule has 0 aliphatic carbocycles. The Kier molecular flexibility index (Phi) is 5.43. The van der Waals surface area contributed by atoms with E-state index >= 15 is 0 Å². The molecule has 0 aromatic carbocycles. The van der Waals surface area contributed by atoms with Crippen LogP contribution >= 0.6 is 0 Å². The molecule has 4 heterocycles. The molecule has 144 valence electrons. The maximum Gasteiger partial charge on any atom is 0.134 e. The lowest BCUT2D eigenvalue weighted by molar-refractivity contribution is 0.233. The highest BCUT2D eigenvalue weighted by atomic mass is 15.3. The molecule has 3 aromatic heterocycles. The van der Waals surface area contributed by atoms with Gasteiger partial charge < -0.3 is 15.1 Å². The van der Waals surface area contributed by atoms with Crippen LogP contribution in [0.15, 0.2) is 55.0 Å². The first-order chi connectivity index (χ1) is 13.7. The van der Waals surface area contributed by atoms with Crippen molar-refractivity contribution in [1.82, 2.24) is 24.8 Å². The first kappa shape index (κ1) is 18.3. The Hall–Kier alpha value is -3.06. The van der Waals surface area contributed by atoms with E-state index in [1.165, 1.54) is 0 Å². The van der Waals surface area contributed by atoms with Gasteiger partial charge in [0.1, 0.15) is 18.0 Å². The third-order valence-corrected chi connectivity index (χ3v) is 5.12. The van der Waals surface area contributed by atoms with E-state index in [0.717, 1.165) is 48.4 Å². The molecule has 7 nitrogen and oxygen atoms in total. The molecule has 0 bridgehead atoms. The van der Waals surface area contributed by atoms with Crippen molar-refractivity contribution in [3.63, 3.8) is 0 Å². The van der Waals surface area contributed by atoms with Crippen molar-refractivity contribution in [2.24, 2.45) is 0 Å². The second-order valence-corrected chi connectivity index (χ2v) is 7.12. The quantitative estimate of drug-likeness (QED) is 0.735. The lowest BCUT2D eigenvalue weighted by Crippen LogP contribution is -2.50. The molecule has 28 heavy (non-hydrogen) atoms. The van der Waals surface area contributed by atoms with E-state index in [4.69, 9.17) is 4.98 Å². The van der Waals surface area contributed by atoms with Gasteiger partial charge >= 0.3 is 0 Å². The van der Waals surface area contributed by atoms with E-state index in [-0.39, 0.29) is 0 Å². The molecule has 0 radical (unpaired) electrons. The van der Waals surface area contributed by atoms with Crippen LogP contribution in [0.2, 0.25) is 0 Å². The molecule has 1 atom stereocenters. The summed E-state index contributed by atoms with van der Waals surface area (Å²) in [6, 6.07) is 14.4. The predicted octanol–water partition coefficient (Wildman–Crippen LogP) is 2.69. The second kappa shape index (κ2) is 8.31. The minimum Gasteiger partial charge on any atom is -0.364 e. The van der Waals surface area contributed by atoms with Crippen LogP contribution in [0.25, 0.3) is 11.4 Å². The van der Waals surface area contributed by atoms with Crippen molar-refractivity contribution in [1.29, 1.82) is 0 Å². The van der Waals surface area contributed by atoms with Crippen LogP contribution in [0.3, 0.4) is 0 Å². The van der Waals surface area contributed by atoms with Gasteiger partial charge in [-0.05, 0) is 38.2 Å². The SMILES string of the molecule is CC1CN(c2cc(NCc3cccc(-c4ccccn4)n3)ncn2)CCN1C. The zero-order valence-electron chi connectivity index (χ0n) is 16.3. The highest BCUT2D eigenvalue weighted by Crippen LogP contribution is 2.19. The lowest BCUT2D eigenvalue weighted by Gasteiger charge is -2.38. The van der Waals surface area contributed by atoms with Crippen LogP contribution < -0.4 is 10.2 Å². The Bertz CT molecular complexity index is 915. The van der Waals surface area contributed by atoms with Gasteiger partial charge in [-0.2, -0.15) is 0 Å². The van der Waals surface area contributed by atoms with Gasteiger partial charge in [-0.3, -0.25) is 4.98 Å². The van der Waals surface area contributed by atoms with Gasteiger partial charge in [-0.1, -0.05) is 12.1 Å². The van der Waals surface area contributed by atoms with Crippen LogP contribution in [-0.2, 0) is 6.54 Å². The first-order valence-corrected chi connectivity index (χ1v) is 9.57. The van der Waals surface area contributed by atoms with Crippen LogP contribution in [0.5, 0.6) is 0 Å². The molecule has 0 amide bonds. The third-order valence-electron chi connectivity index (χ3n) is 5.12. The van der Waals surface area contributed by atoms with Gasteiger partial charge in [0, 0.05) is 37.9 Å². The number of nitrogens with one attached hydrogen (secondary N) is 1. The second-order valence-electron chi connectivity index (χ2n) is 7.12. The third kappa shape index (κ3) is 4.26. The van der Waals surface area contributed by atoms with E-state index in [1.54, 1.807) is 12.5 Å². The van der Waals surface area contributed by atoms with Crippen molar-refractivity contribution in [2.75, 3.05) is 36.9 Å². The summed E-state index contributed by atoms with van der Waals surface area (Å²) >= 11 is 0. The fourth-order valence-corrected chi connectivity index (χ4v) is 3.29. The summed E-state index contributed by atoms with van der Waals surface area (Å²) in [6.45, 7) is 5.83. The van der Waals surface area contributed by atoms with Gasteiger partial charge in [-0.25, -0.2) is 15.0 Å². The standard InChI is InChI=1S/C21H25N7/c1-16-14-28(11-10-27(16)2)21-12-20(24-15-25-21)23-13-17-6-5-8-19(26-17)18-7-3-4-9-22-18/h3-9,12,15-16H,10-11,13-14H2,1-2H3,(H,23,24,25). The number of rotatable bonds is 5. The summed E-state index contributed by atoms with van der Waals surface area (Å²) < 4.78 is 0. The maximum atomic E-state index is 4.70. The topological polar surface area (TPSA) is 70.1 Å². The van der Waals surface area contributed by atoms with E-state index in [1.807, 2.05) is 42.5 Å². The summed E-state index contributed by atoms with van der Waals surface area (Å²) in [5.74, 6) is 1.77. The minimum absolute atomic E-state index is 0.513. The molecule has 4 rings (SSSR count). The summed E-state index contributed by atoms with van der Waals surface area (Å²) in [6.07, 6.45) is 3.40.